The summed E-state index contributed by atoms with van der Waals surface area (Å²) in [5.74, 6) is -7.48. The number of nitrogens with zero attached hydrogens (tertiary/aromatic N) is 2. The molecule has 0 saturated heterocycles. The third kappa shape index (κ3) is 6.32. The maximum Gasteiger partial charge on any atom is 0.473 e. The number of hydrogen-bond donors (Lipinski definition) is 0. The highest BCUT2D eigenvalue weighted by Gasteiger charge is 2.83. The highest BCUT2D eigenvalue weighted by Crippen LogP contribution is 2.53. The van der Waals surface area contributed by atoms with Gasteiger partial charge in [0.25, 0.3) is 0 Å². The van der Waals surface area contributed by atoms with Crippen LogP contribution in [0.1, 0.15) is 5.56 Å². The molecule has 0 amide bonds. The van der Waals surface area contributed by atoms with Gasteiger partial charge in [-0.3, -0.25) is 9.02 Å². The molecular formula is C16H7F13N2O6S. The first kappa shape index (κ1) is 32.5. The van der Waals surface area contributed by atoms with Crippen molar-refractivity contribution in [1.29, 1.82) is 5.26 Å². The fourth-order valence-corrected chi connectivity index (χ4v) is 2.50. The van der Waals surface area contributed by atoms with E-state index >= 15 is 0 Å². The summed E-state index contributed by atoms with van der Waals surface area (Å²) < 4.78 is 206. The SMILES string of the molecule is COc1ccc(C(C#N)=NOS(=O)(=O)C(F)(F)C(F)(F)OC(F)(C(F)(F)F)C(F)(F)OC(F)=C(F)F)cc1. The lowest BCUT2D eigenvalue weighted by molar-refractivity contribution is -0.510. The minimum absolute atomic E-state index is 0.118. The van der Waals surface area contributed by atoms with Gasteiger partial charge in [-0.05, 0) is 24.3 Å². The van der Waals surface area contributed by atoms with Gasteiger partial charge in [-0.2, -0.15) is 70.8 Å². The zero-order valence-corrected chi connectivity index (χ0v) is 18.3. The molecule has 1 rings (SSSR count). The molecule has 1 aromatic rings. The van der Waals surface area contributed by atoms with Crippen molar-refractivity contribution < 1.29 is 84.0 Å². The average Bonchev–Trinajstić information content (AvgIpc) is 2.78. The first-order valence-electron chi connectivity index (χ1n) is 8.54. The molecule has 38 heavy (non-hydrogen) atoms. The summed E-state index contributed by atoms with van der Waals surface area (Å²) in [6.45, 7) is 0. The highest BCUT2D eigenvalue weighted by molar-refractivity contribution is 7.87. The molecule has 0 spiro atoms. The van der Waals surface area contributed by atoms with E-state index in [0.29, 0.717) is 0 Å². The summed E-state index contributed by atoms with van der Waals surface area (Å²) in [6.07, 6.45) is -26.4. The summed E-state index contributed by atoms with van der Waals surface area (Å²) in [4.78, 5) is 0. The number of benzene rings is 1. The van der Waals surface area contributed by atoms with Crippen LogP contribution in [0.15, 0.2) is 41.5 Å². The summed E-state index contributed by atoms with van der Waals surface area (Å²) in [5.41, 5.74) is -1.69. The summed E-state index contributed by atoms with van der Waals surface area (Å²) in [5, 5.41) is 3.97. The van der Waals surface area contributed by atoms with E-state index in [0.717, 1.165) is 30.3 Å². The Morgan fingerprint density at radius 2 is 1.39 bits per heavy atom. The molecule has 0 radical (unpaired) electrons. The zero-order chi connectivity index (χ0) is 30.0. The van der Waals surface area contributed by atoms with E-state index in [9.17, 15) is 65.5 Å². The lowest BCUT2D eigenvalue weighted by atomic mass is 10.1. The molecule has 22 heteroatoms. The lowest BCUT2D eigenvalue weighted by Crippen LogP contribution is -2.64. The van der Waals surface area contributed by atoms with Gasteiger partial charge in [0.15, 0.2) is 5.71 Å². The number of halogens is 13. The maximum atomic E-state index is 14.0. The number of nitriles is 1. The summed E-state index contributed by atoms with van der Waals surface area (Å²) >= 11 is 0. The summed E-state index contributed by atoms with van der Waals surface area (Å²) in [6, 6.07) is 1.08. The standard InChI is InChI=1S/C16H7F13N2O6S/c1-34-8-4-2-7(3-5-8)9(6-30)31-37-38(32,33)16(28,29)15(26,27)36-12(20,13(21,22)23)14(24,25)35-11(19)10(17)18/h2-5H,1H3. The van der Waals surface area contributed by atoms with Crippen LogP contribution in [0.2, 0.25) is 0 Å². The molecule has 214 valence electrons. The first-order valence-corrected chi connectivity index (χ1v) is 9.95. The van der Waals surface area contributed by atoms with E-state index in [4.69, 9.17) is 10.00 Å². The molecule has 0 N–H and O–H groups in total. The van der Waals surface area contributed by atoms with E-state index in [-0.39, 0.29) is 5.75 Å². The van der Waals surface area contributed by atoms with Crippen LogP contribution in [0.4, 0.5) is 57.1 Å². The Kier molecular flexibility index (Phi) is 9.18. The van der Waals surface area contributed by atoms with Gasteiger partial charge < -0.3 is 9.47 Å². The van der Waals surface area contributed by atoms with Crippen LogP contribution in [0.3, 0.4) is 0 Å². The van der Waals surface area contributed by atoms with Crippen molar-refractivity contribution in [2.75, 3.05) is 7.11 Å². The molecule has 1 unspecified atom stereocenters. The molecule has 8 nitrogen and oxygen atoms in total. The largest absolute Gasteiger partial charge is 0.497 e. The Labute approximate surface area is 201 Å². The Bertz CT molecular complexity index is 1220. The van der Waals surface area contributed by atoms with Crippen molar-refractivity contribution in [1.82, 2.24) is 0 Å². The second kappa shape index (κ2) is 10.7. The average molecular weight is 602 g/mol. The van der Waals surface area contributed by atoms with Crippen LogP contribution in [0.25, 0.3) is 0 Å². The molecule has 1 atom stereocenters. The van der Waals surface area contributed by atoms with Crippen molar-refractivity contribution in [3.8, 4) is 11.8 Å². The van der Waals surface area contributed by atoms with Crippen molar-refractivity contribution in [2.24, 2.45) is 5.16 Å². The highest BCUT2D eigenvalue weighted by atomic mass is 32.2. The van der Waals surface area contributed by atoms with Gasteiger partial charge in [-0.1, -0.05) is 5.16 Å². The molecule has 0 aliphatic carbocycles. The Morgan fingerprint density at radius 3 is 1.79 bits per heavy atom. The van der Waals surface area contributed by atoms with Crippen LogP contribution in [0.5, 0.6) is 5.75 Å². The van der Waals surface area contributed by atoms with Gasteiger partial charge in [0, 0.05) is 5.56 Å². The Hall–Kier alpha value is -3.48. The Morgan fingerprint density at radius 1 is 0.895 bits per heavy atom. The number of rotatable bonds is 11. The molecule has 0 bridgehead atoms. The van der Waals surface area contributed by atoms with Crippen molar-refractivity contribution in [3.05, 3.63) is 41.9 Å². The molecule has 0 heterocycles. The van der Waals surface area contributed by atoms with Crippen LogP contribution in [0, 0.1) is 11.3 Å². The number of ether oxygens (including phenoxy) is 3. The fraction of sp³-hybridized carbons (Fsp3) is 0.375. The molecule has 0 aliphatic heterocycles. The number of methoxy groups -OCH3 is 1. The molecule has 0 saturated carbocycles. The third-order valence-electron chi connectivity index (χ3n) is 3.72. The second-order valence-corrected chi connectivity index (χ2v) is 7.76. The van der Waals surface area contributed by atoms with Gasteiger partial charge in [-0.15, -0.1) is 0 Å². The lowest BCUT2D eigenvalue weighted by Gasteiger charge is -2.36. The van der Waals surface area contributed by atoms with Crippen LogP contribution < -0.4 is 4.74 Å². The predicted octanol–water partition coefficient (Wildman–Crippen LogP) is 5.34. The minimum atomic E-state index is -7.60. The van der Waals surface area contributed by atoms with Crippen LogP contribution in [-0.4, -0.2) is 50.7 Å². The first-order chi connectivity index (χ1) is 17.0. The van der Waals surface area contributed by atoms with Crippen molar-refractivity contribution >= 4 is 15.8 Å². The van der Waals surface area contributed by atoms with Gasteiger partial charge >= 0.3 is 51.7 Å². The van der Waals surface area contributed by atoms with Crippen molar-refractivity contribution in [3.63, 3.8) is 0 Å². The molecule has 0 fully saturated rings. The van der Waals surface area contributed by atoms with E-state index in [1.165, 1.54) is 7.11 Å². The van der Waals surface area contributed by atoms with Crippen molar-refractivity contribution in [2.45, 2.75) is 29.5 Å². The predicted molar refractivity (Wildman–Crippen MR) is 92.4 cm³/mol. The molecule has 0 aromatic heterocycles. The van der Waals surface area contributed by atoms with Gasteiger partial charge in [0.2, 0.25) is 0 Å². The molecule has 0 aliphatic rings. The van der Waals surface area contributed by atoms with Crippen LogP contribution in [-0.2, 0) is 23.9 Å². The maximum absolute atomic E-state index is 14.0. The third-order valence-corrected chi connectivity index (χ3v) is 4.86. The van der Waals surface area contributed by atoms with E-state index in [1.807, 2.05) is 4.74 Å². The topological polar surface area (TPSA) is 107 Å². The number of alkyl halides is 10. The second-order valence-electron chi connectivity index (χ2n) is 6.19. The number of oxime groups is 1. The van der Waals surface area contributed by atoms with Gasteiger partial charge in [-0.25, -0.2) is 0 Å². The monoisotopic (exact) mass is 602 g/mol. The summed E-state index contributed by atoms with van der Waals surface area (Å²) in [7, 11) is -6.26. The van der Waals surface area contributed by atoms with Gasteiger partial charge in [0.05, 0.1) is 7.11 Å². The smallest absolute Gasteiger partial charge is 0.473 e. The van der Waals surface area contributed by atoms with Crippen LogP contribution >= 0.6 is 0 Å². The fourth-order valence-electron chi connectivity index (χ4n) is 1.90. The van der Waals surface area contributed by atoms with E-state index in [2.05, 4.69) is 9.44 Å². The number of hydrogen-bond acceptors (Lipinski definition) is 8. The minimum Gasteiger partial charge on any atom is -0.497 e. The quantitative estimate of drug-likeness (QED) is 0.146. The molecule has 1 aromatic carbocycles. The molecular weight excluding hydrogens is 595 g/mol. The van der Waals surface area contributed by atoms with E-state index < -0.39 is 63.0 Å². The van der Waals surface area contributed by atoms with E-state index in [1.54, 1.807) is 4.74 Å². The normalized spacial score (nSPS) is 15.2. The Balaban J connectivity index is 3.46. The zero-order valence-electron chi connectivity index (χ0n) is 17.5. The van der Waals surface area contributed by atoms with Gasteiger partial charge in [0.1, 0.15) is 11.8 Å².